The fourth-order valence-electron chi connectivity index (χ4n) is 5.09. The lowest BCUT2D eigenvalue weighted by molar-refractivity contribution is -0.116. The first-order chi connectivity index (χ1) is 17.8. The van der Waals surface area contributed by atoms with Crippen molar-refractivity contribution in [3.05, 3.63) is 112 Å². The van der Waals surface area contributed by atoms with E-state index in [1.54, 1.807) is 6.20 Å². The summed E-state index contributed by atoms with van der Waals surface area (Å²) in [6, 6.07) is 23.0. The highest BCUT2D eigenvalue weighted by molar-refractivity contribution is 7.80. The highest BCUT2D eigenvalue weighted by atomic mass is 35.5. The molecule has 1 amide bonds. The van der Waals surface area contributed by atoms with Gasteiger partial charge in [0.1, 0.15) is 6.54 Å². The van der Waals surface area contributed by atoms with Gasteiger partial charge >= 0.3 is 0 Å². The molecule has 37 heavy (non-hydrogen) atoms. The number of hydrogen-bond acceptors (Lipinski definition) is 3. The van der Waals surface area contributed by atoms with E-state index in [-0.39, 0.29) is 24.5 Å². The molecule has 4 aromatic rings. The molecular formula is C29H28ClN5OS. The Morgan fingerprint density at radius 2 is 1.81 bits per heavy atom. The standard InChI is InChI=1S/C29H28ClN5OS/c1-18-16-22(20(3)35(18)25-14-9-12-23(30)19(25)2)28-27(24-13-7-8-15-31-24)33-29(37)34(28)17-26(36)32-21-10-5-4-6-11-21/h4-16,27-28H,17H2,1-3H3,(H,32,36)(H,33,37)/t27-,28-/m1/s1. The Bertz CT molecular complexity index is 1450. The van der Waals surface area contributed by atoms with E-state index >= 15 is 0 Å². The minimum atomic E-state index is -0.233. The molecule has 8 heteroatoms. The van der Waals surface area contributed by atoms with E-state index in [0.717, 1.165) is 44.6 Å². The van der Waals surface area contributed by atoms with Gasteiger partial charge in [0.2, 0.25) is 5.91 Å². The predicted molar refractivity (Wildman–Crippen MR) is 152 cm³/mol. The number of carbonyl (C=O) groups is 1. The van der Waals surface area contributed by atoms with Crippen LogP contribution in [0.5, 0.6) is 0 Å². The molecule has 0 spiro atoms. The van der Waals surface area contributed by atoms with E-state index in [9.17, 15) is 4.79 Å². The van der Waals surface area contributed by atoms with Gasteiger partial charge in [-0.3, -0.25) is 9.78 Å². The van der Waals surface area contributed by atoms with Crippen molar-refractivity contribution in [1.82, 2.24) is 19.8 Å². The number of aromatic nitrogens is 2. The SMILES string of the molecule is Cc1c(Cl)cccc1-n1c(C)cc([C@@H]2[C@@H](c3ccccn3)NC(=S)N2CC(=O)Nc2ccccc2)c1C. The van der Waals surface area contributed by atoms with Gasteiger partial charge in [-0.15, -0.1) is 0 Å². The molecule has 0 saturated carbocycles. The van der Waals surface area contributed by atoms with Gasteiger partial charge in [-0.1, -0.05) is 41.9 Å². The highest BCUT2D eigenvalue weighted by Crippen LogP contribution is 2.41. The van der Waals surface area contributed by atoms with Crippen LogP contribution in [0.3, 0.4) is 0 Å². The van der Waals surface area contributed by atoms with Crippen LogP contribution in [0.2, 0.25) is 5.02 Å². The Balaban J connectivity index is 1.56. The molecule has 188 valence electrons. The second-order valence-electron chi connectivity index (χ2n) is 9.21. The lowest BCUT2D eigenvalue weighted by atomic mass is 9.96. The number of halogens is 1. The van der Waals surface area contributed by atoms with Gasteiger partial charge in [-0.2, -0.15) is 0 Å². The second-order valence-corrected chi connectivity index (χ2v) is 10.0. The molecule has 3 heterocycles. The van der Waals surface area contributed by atoms with Crippen molar-refractivity contribution < 1.29 is 4.79 Å². The van der Waals surface area contributed by atoms with Crippen molar-refractivity contribution >= 4 is 40.5 Å². The van der Waals surface area contributed by atoms with E-state index in [2.05, 4.69) is 46.2 Å². The van der Waals surface area contributed by atoms with Crippen molar-refractivity contribution in [2.75, 3.05) is 11.9 Å². The summed E-state index contributed by atoms with van der Waals surface area (Å²) in [6.07, 6.45) is 1.78. The number of pyridine rings is 1. The number of carbonyl (C=O) groups excluding carboxylic acids is 1. The average Bonchev–Trinajstić information content (AvgIpc) is 3.36. The molecule has 1 fully saturated rings. The van der Waals surface area contributed by atoms with Crippen LogP contribution in [0.25, 0.3) is 5.69 Å². The van der Waals surface area contributed by atoms with Gasteiger partial charge in [0.25, 0.3) is 0 Å². The maximum absolute atomic E-state index is 13.1. The Kier molecular flexibility index (Phi) is 7.00. The van der Waals surface area contributed by atoms with Crippen LogP contribution in [-0.2, 0) is 4.79 Å². The molecule has 0 radical (unpaired) electrons. The van der Waals surface area contributed by atoms with E-state index in [1.165, 1.54) is 0 Å². The summed E-state index contributed by atoms with van der Waals surface area (Å²) >= 11 is 12.2. The molecule has 1 aliphatic heterocycles. The van der Waals surface area contributed by atoms with E-state index in [4.69, 9.17) is 23.8 Å². The van der Waals surface area contributed by atoms with Crippen LogP contribution in [0, 0.1) is 20.8 Å². The predicted octanol–water partition coefficient (Wildman–Crippen LogP) is 6.06. The fraction of sp³-hybridized carbons (Fsp3) is 0.207. The van der Waals surface area contributed by atoms with E-state index in [1.807, 2.05) is 72.5 Å². The van der Waals surface area contributed by atoms with Crippen molar-refractivity contribution in [2.45, 2.75) is 32.9 Å². The molecule has 2 atom stereocenters. The Hall–Kier alpha value is -3.68. The van der Waals surface area contributed by atoms with Crippen LogP contribution in [0.4, 0.5) is 5.69 Å². The Morgan fingerprint density at radius 3 is 2.54 bits per heavy atom. The molecule has 2 aromatic heterocycles. The minimum absolute atomic E-state index is 0.106. The zero-order valence-electron chi connectivity index (χ0n) is 20.9. The van der Waals surface area contributed by atoms with Crippen molar-refractivity contribution in [3.8, 4) is 5.69 Å². The average molecular weight is 530 g/mol. The second kappa shape index (κ2) is 10.4. The number of benzene rings is 2. The number of rotatable bonds is 6. The summed E-state index contributed by atoms with van der Waals surface area (Å²) in [6.45, 7) is 6.31. The zero-order chi connectivity index (χ0) is 26.1. The fourth-order valence-corrected chi connectivity index (χ4v) is 5.56. The van der Waals surface area contributed by atoms with Crippen molar-refractivity contribution in [2.24, 2.45) is 0 Å². The summed E-state index contributed by atoms with van der Waals surface area (Å²) in [5.74, 6) is -0.137. The molecule has 2 aromatic carbocycles. The van der Waals surface area contributed by atoms with Crippen LogP contribution >= 0.6 is 23.8 Å². The van der Waals surface area contributed by atoms with Crippen molar-refractivity contribution in [1.29, 1.82) is 0 Å². The van der Waals surface area contributed by atoms with Gasteiger partial charge in [0.05, 0.1) is 17.8 Å². The maximum Gasteiger partial charge on any atom is 0.244 e. The lowest BCUT2D eigenvalue weighted by Crippen LogP contribution is -2.37. The molecule has 1 saturated heterocycles. The molecule has 1 aliphatic rings. The minimum Gasteiger partial charge on any atom is -0.352 e. The monoisotopic (exact) mass is 529 g/mol. The third kappa shape index (κ3) is 4.84. The number of amides is 1. The summed E-state index contributed by atoms with van der Waals surface area (Å²) in [5, 5.41) is 7.67. The number of nitrogens with one attached hydrogen (secondary N) is 2. The quantitative estimate of drug-likeness (QED) is 0.297. The lowest BCUT2D eigenvalue weighted by Gasteiger charge is -2.27. The number of para-hydroxylation sites is 1. The summed E-state index contributed by atoms with van der Waals surface area (Å²) in [4.78, 5) is 19.7. The highest BCUT2D eigenvalue weighted by Gasteiger charge is 2.42. The first-order valence-corrected chi connectivity index (χ1v) is 12.9. The number of aryl methyl sites for hydroxylation is 1. The number of hydrogen-bond donors (Lipinski definition) is 2. The van der Waals surface area contributed by atoms with Crippen LogP contribution < -0.4 is 10.6 Å². The molecule has 0 aliphatic carbocycles. The van der Waals surface area contributed by atoms with Crippen LogP contribution in [0.15, 0.2) is 79.0 Å². The first kappa shape index (κ1) is 25.0. The smallest absolute Gasteiger partial charge is 0.244 e. The van der Waals surface area contributed by atoms with Gasteiger partial charge in [0, 0.05) is 34.0 Å². The van der Waals surface area contributed by atoms with Crippen LogP contribution in [0.1, 0.15) is 40.3 Å². The molecule has 6 nitrogen and oxygen atoms in total. The van der Waals surface area contributed by atoms with Crippen LogP contribution in [-0.4, -0.2) is 32.0 Å². The summed E-state index contributed by atoms with van der Waals surface area (Å²) in [5.41, 5.74) is 6.87. The molecule has 0 bridgehead atoms. The third-order valence-corrected chi connectivity index (χ3v) is 7.60. The number of nitrogens with zero attached hydrogens (tertiary/aromatic N) is 3. The molecular weight excluding hydrogens is 502 g/mol. The Labute approximate surface area is 227 Å². The normalized spacial score (nSPS) is 17.1. The largest absolute Gasteiger partial charge is 0.352 e. The summed E-state index contributed by atoms with van der Waals surface area (Å²) in [7, 11) is 0. The first-order valence-electron chi connectivity index (χ1n) is 12.1. The molecule has 5 rings (SSSR count). The molecule has 0 unspecified atom stereocenters. The van der Waals surface area contributed by atoms with Gasteiger partial charge in [-0.05, 0) is 86.6 Å². The Morgan fingerprint density at radius 1 is 1.05 bits per heavy atom. The van der Waals surface area contributed by atoms with E-state index < -0.39 is 0 Å². The zero-order valence-corrected chi connectivity index (χ0v) is 22.5. The number of thiocarbonyl (C=S) groups is 1. The topological polar surface area (TPSA) is 62.2 Å². The van der Waals surface area contributed by atoms with Crippen molar-refractivity contribution in [3.63, 3.8) is 0 Å². The number of anilines is 1. The van der Waals surface area contributed by atoms with Gasteiger partial charge in [0.15, 0.2) is 5.11 Å². The molecule has 2 N–H and O–H groups in total. The third-order valence-electron chi connectivity index (χ3n) is 6.84. The summed E-state index contributed by atoms with van der Waals surface area (Å²) < 4.78 is 2.22. The van der Waals surface area contributed by atoms with Gasteiger partial charge < -0.3 is 20.1 Å². The van der Waals surface area contributed by atoms with Gasteiger partial charge in [-0.25, -0.2) is 0 Å². The van der Waals surface area contributed by atoms with E-state index in [0.29, 0.717) is 5.11 Å². The maximum atomic E-state index is 13.1.